The molecule has 0 aliphatic rings. The zero-order chi connectivity index (χ0) is 17.5. The van der Waals surface area contributed by atoms with Crippen LogP contribution >= 0.6 is 0 Å². The lowest BCUT2D eigenvalue weighted by Crippen LogP contribution is -2.32. The molecular weight excluding hydrogens is 316 g/mol. The van der Waals surface area contributed by atoms with E-state index in [0.29, 0.717) is 11.3 Å². The third kappa shape index (κ3) is 4.87. The van der Waals surface area contributed by atoms with Gasteiger partial charge in [-0.05, 0) is 17.7 Å². The molecule has 126 valence electrons. The lowest BCUT2D eigenvalue weighted by Gasteiger charge is -2.19. The van der Waals surface area contributed by atoms with Gasteiger partial charge < -0.3 is 19.8 Å². The Labute approximate surface area is 137 Å². The molecule has 0 unspecified atom stereocenters. The second-order valence-corrected chi connectivity index (χ2v) is 4.98. The Morgan fingerprint density at radius 3 is 2.62 bits per heavy atom. The molecule has 2 N–H and O–H groups in total. The number of phenols is 1. The first kappa shape index (κ1) is 17.1. The van der Waals surface area contributed by atoms with Crippen molar-refractivity contribution in [2.75, 3.05) is 13.2 Å². The second kappa shape index (κ2) is 7.82. The van der Waals surface area contributed by atoms with Crippen LogP contribution in [0.2, 0.25) is 0 Å². The van der Waals surface area contributed by atoms with E-state index in [4.69, 9.17) is 4.74 Å². The molecule has 0 spiro atoms. The summed E-state index contributed by atoms with van der Waals surface area (Å²) in [5.74, 6) is 0.481. The number of nitro groups is 1. The number of aromatic hydroxyl groups is 1. The predicted molar refractivity (Wildman–Crippen MR) is 85.1 cm³/mol. The van der Waals surface area contributed by atoms with Gasteiger partial charge >= 0.3 is 6.09 Å². The molecule has 0 radical (unpaired) electrons. The Hall–Kier alpha value is -3.29. The quantitative estimate of drug-likeness (QED) is 0.595. The fraction of sp³-hybridized carbons (Fsp3) is 0.188. The molecule has 0 aliphatic heterocycles. The summed E-state index contributed by atoms with van der Waals surface area (Å²) < 4.78 is 5.39. The second-order valence-electron chi connectivity index (χ2n) is 4.98. The van der Waals surface area contributed by atoms with Gasteiger partial charge in [-0.2, -0.15) is 0 Å². The molecule has 8 nitrogen and oxygen atoms in total. The van der Waals surface area contributed by atoms with Crippen molar-refractivity contribution >= 4 is 11.8 Å². The highest BCUT2D eigenvalue weighted by Gasteiger charge is 2.14. The third-order valence-electron chi connectivity index (χ3n) is 3.21. The van der Waals surface area contributed by atoms with Gasteiger partial charge in [-0.15, -0.1) is 0 Å². The van der Waals surface area contributed by atoms with Crippen molar-refractivity contribution in [1.82, 2.24) is 4.90 Å². The SMILES string of the molecule is O=C(O)N(CCOc1cccc(O)c1)Cc1cccc([N+](=O)[O-])c1. The summed E-state index contributed by atoms with van der Waals surface area (Å²) in [5, 5.41) is 29.4. The number of rotatable bonds is 7. The number of carboxylic acid groups (broad SMARTS) is 1. The maximum Gasteiger partial charge on any atom is 0.407 e. The van der Waals surface area contributed by atoms with Gasteiger partial charge in [0.2, 0.25) is 0 Å². The van der Waals surface area contributed by atoms with Gasteiger partial charge in [-0.25, -0.2) is 4.79 Å². The van der Waals surface area contributed by atoms with Gasteiger partial charge in [0.05, 0.1) is 11.5 Å². The predicted octanol–water partition coefficient (Wildman–Crippen LogP) is 2.86. The van der Waals surface area contributed by atoms with Crippen LogP contribution < -0.4 is 4.74 Å². The molecule has 1 amide bonds. The number of hydrogen-bond acceptors (Lipinski definition) is 5. The molecule has 2 aromatic rings. The lowest BCUT2D eigenvalue weighted by molar-refractivity contribution is -0.384. The molecular formula is C16H16N2O6. The van der Waals surface area contributed by atoms with Crippen LogP contribution in [-0.4, -0.2) is 39.3 Å². The summed E-state index contributed by atoms with van der Waals surface area (Å²) in [5.41, 5.74) is 0.429. The van der Waals surface area contributed by atoms with Crippen LogP contribution in [0.15, 0.2) is 48.5 Å². The summed E-state index contributed by atoms with van der Waals surface area (Å²) >= 11 is 0. The van der Waals surface area contributed by atoms with Crippen LogP contribution in [0.4, 0.5) is 10.5 Å². The molecule has 0 fully saturated rings. The summed E-state index contributed by atoms with van der Waals surface area (Å²) in [7, 11) is 0. The Morgan fingerprint density at radius 1 is 1.21 bits per heavy atom. The highest BCUT2D eigenvalue weighted by Crippen LogP contribution is 2.18. The fourth-order valence-corrected chi connectivity index (χ4v) is 2.08. The number of hydrogen-bond donors (Lipinski definition) is 2. The summed E-state index contributed by atoms with van der Waals surface area (Å²) in [6.45, 7) is 0.179. The van der Waals surface area contributed by atoms with Gasteiger partial charge in [0, 0.05) is 24.7 Å². The molecule has 0 heterocycles. The number of carbonyl (C=O) groups is 1. The summed E-state index contributed by atoms with van der Waals surface area (Å²) in [6, 6.07) is 12.0. The van der Waals surface area contributed by atoms with Crippen LogP contribution in [-0.2, 0) is 6.54 Å². The van der Waals surface area contributed by atoms with Crippen LogP contribution in [0.25, 0.3) is 0 Å². The first-order valence-electron chi connectivity index (χ1n) is 7.09. The van der Waals surface area contributed by atoms with Crippen LogP contribution in [0.1, 0.15) is 5.56 Å². The van der Waals surface area contributed by atoms with Crippen molar-refractivity contribution in [3.63, 3.8) is 0 Å². The molecule has 0 atom stereocenters. The minimum absolute atomic E-state index is 0.0143. The first-order valence-corrected chi connectivity index (χ1v) is 7.09. The lowest BCUT2D eigenvalue weighted by atomic mass is 10.2. The largest absolute Gasteiger partial charge is 0.508 e. The van der Waals surface area contributed by atoms with E-state index in [1.165, 1.54) is 30.3 Å². The van der Waals surface area contributed by atoms with Crippen LogP contribution in [0.3, 0.4) is 0 Å². The van der Waals surface area contributed by atoms with Gasteiger partial charge in [0.1, 0.15) is 18.1 Å². The van der Waals surface area contributed by atoms with E-state index in [1.54, 1.807) is 18.2 Å². The molecule has 0 aliphatic carbocycles. The minimum atomic E-state index is -1.15. The molecule has 0 aromatic heterocycles. The monoisotopic (exact) mass is 332 g/mol. The van der Waals surface area contributed by atoms with Crippen molar-refractivity contribution in [3.05, 3.63) is 64.2 Å². The van der Waals surface area contributed by atoms with E-state index in [9.17, 15) is 25.1 Å². The number of benzene rings is 2. The Balaban J connectivity index is 1.96. The maximum atomic E-state index is 11.3. The Kier molecular flexibility index (Phi) is 5.56. The molecule has 0 saturated carbocycles. The topological polar surface area (TPSA) is 113 Å². The smallest absolute Gasteiger partial charge is 0.407 e. The van der Waals surface area contributed by atoms with Gasteiger partial charge in [-0.3, -0.25) is 10.1 Å². The van der Waals surface area contributed by atoms with E-state index in [0.717, 1.165) is 4.90 Å². The van der Waals surface area contributed by atoms with E-state index in [2.05, 4.69) is 0 Å². The number of non-ortho nitro benzene ring substituents is 1. The average molecular weight is 332 g/mol. The van der Waals surface area contributed by atoms with Crippen molar-refractivity contribution in [1.29, 1.82) is 0 Å². The van der Waals surface area contributed by atoms with Crippen molar-refractivity contribution in [2.24, 2.45) is 0 Å². The highest BCUT2D eigenvalue weighted by atomic mass is 16.6. The zero-order valence-electron chi connectivity index (χ0n) is 12.7. The molecule has 2 rings (SSSR count). The number of amides is 1. The number of phenolic OH excluding ortho intramolecular Hbond substituents is 1. The Morgan fingerprint density at radius 2 is 1.96 bits per heavy atom. The molecule has 0 bridgehead atoms. The molecule has 2 aromatic carbocycles. The van der Waals surface area contributed by atoms with E-state index >= 15 is 0 Å². The van der Waals surface area contributed by atoms with E-state index in [-0.39, 0.29) is 31.1 Å². The van der Waals surface area contributed by atoms with Gasteiger partial charge in [-0.1, -0.05) is 18.2 Å². The molecule has 8 heteroatoms. The van der Waals surface area contributed by atoms with Crippen LogP contribution in [0.5, 0.6) is 11.5 Å². The van der Waals surface area contributed by atoms with E-state index in [1.807, 2.05) is 0 Å². The number of nitro benzene ring substituents is 1. The average Bonchev–Trinajstić information content (AvgIpc) is 2.54. The molecule has 24 heavy (non-hydrogen) atoms. The first-order chi connectivity index (χ1) is 11.5. The number of ether oxygens (including phenoxy) is 1. The number of nitrogens with zero attached hydrogens (tertiary/aromatic N) is 2. The van der Waals surface area contributed by atoms with Crippen molar-refractivity contribution < 1.29 is 24.7 Å². The standard InChI is InChI=1S/C16H16N2O6/c19-14-5-2-6-15(10-14)24-8-7-17(16(20)21)11-12-3-1-4-13(9-12)18(22)23/h1-6,9-10,19H,7-8,11H2,(H,20,21). The van der Waals surface area contributed by atoms with Crippen molar-refractivity contribution in [3.8, 4) is 11.5 Å². The highest BCUT2D eigenvalue weighted by molar-refractivity contribution is 5.65. The summed E-state index contributed by atoms with van der Waals surface area (Å²) in [6.07, 6.45) is -1.15. The molecule has 0 saturated heterocycles. The third-order valence-corrected chi connectivity index (χ3v) is 3.21. The summed E-state index contributed by atoms with van der Waals surface area (Å²) in [4.78, 5) is 22.7. The van der Waals surface area contributed by atoms with Crippen molar-refractivity contribution in [2.45, 2.75) is 6.54 Å². The van der Waals surface area contributed by atoms with Crippen LogP contribution in [0, 0.1) is 10.1 Å². The zero-order valence-corrected chi connectivity index (χ0v) is 12.7. The normalized spacial score (nSPS) is 10.2. The Bertz CT molecular complexity index is 734. The fourth-order valence-electron chi connectivity index (χ4n) is 2.08. The minimum Gasteiger partial charge on any atom is -0.508 e. The van der Waals surface area contributed by atoms with E-state index < -0.39 is 11.0 Å². The van der Waals surface area contributed by atoms with Gasteiger partial charge in [0.25, 0.3) is 5.69 Å². The van der Waals surface area contributed by atoms with Gasteiger partial charge in [0.15, 0.2) is 0 Å². The maximum absolute atomic E-state index is 11.3.